The van der Waals surface area contributed by atoms with Crippen molar-refractivity contribution in [1.82, 2.24) is 0 Å². The Morgan fingerprint density at radius 3 is 2.14 bits per heavy atom. The molecule has 108 valence electrons. The van der Waals surface area contributed by atoms with Crippen LogP contribution >= 0.6 is 0 Å². The molecule has 2 rings (SSSR count). The lowest BCUT2D eigenvalue weighted by molar-refractivity contribution is 0.0600. The second-order valence-corrected chi connectivity index (χ2v) is 4.28. The third kappa shape index (κ3) is 3.02. The molecule has 5 heteroatoms. The van der Waals surface area contributed by atoms with Gasteiger partial charge in [0.2, 0.25) is 0 Å². The molecule has 0 heterocycles. The number of rotatable bonds is 4. The maximum atomic E-state index is 12.4. The molecule has 1 N–H and O–H groups in total. The summed E-state index contributed by atoms with van der Waals surface area (Å²) >= 11 is 0. The molecule has 2 aromatic rings. The van der Waals surface area contributed by atoms with Crippen molar-refractivity contribution < 1.29 is 24.2 Å². The zero-order valence-electron chi connectivity index (χ0n) is 11.6. The summed E-state index contributed by atoms with van der Waals surface area (Å²) in [7, 11) is 2.70. The molecule has 5 nitrogen and oxygen atoms in total. The molecular formula is C16H14O5. The lowest BCUT2D eigenvalue weighted by Gasteiger charge is -2.09. The minimum Gasteiger partial charge on any atom is -0.508 e. The maximum absolute atomic E-state index is 12.4. The maximum Gasteiger partial charge on any atom is 0.337 e. The standard InChI is InChI=1S/C16H14O5/c1-20-14-9-11(16(19)21-2)5-8-13(14)15(18)10-3-6-12(17)7-4-10/h3-9,17H,1-2H3. The van der Waals surface area contributed by atoms with Crippen molar-refractivity contribution in [3.05, 3.63) is 59.2 Å². The number of aromatic hydroxyl groups is 1. The first kappa shape index (κ1) is 14.6. The fourth-order valence-corrected chi connectivity index (χ4v) is 1.89. The monoisotopic (exact) mass is 286 g/mol. The van der Waals surface area contributed by atoms with Crippen LogP contribution in [-0.4, -0.2) is 31.1 Å². The van der Waals surface area contributed by atoms with E-state index in [-0.39, 0.29) is 17.3 Å². The largest absolute Gasteiger partial charge is 0.508 e. The van der Waals surface area contributed by atoms with Crippen molar-refractivity contribution in [2.75, 3.05) is 14.2 Å². The molecule has 2 aromatic carbocycles. The molecule has 0 aliphatic rings. The molecule has 0 unspecified atom stereocenters. The van der Waals surface area contributed by atoms with Gasteiger partial charge in [-0.3, -0.25) is 4.79 Å². The lowest BCUT2D eigenvalue weighted by atomic mass is 10.0. The van der Waals surface area contributed by atoms with Gasteiger partial charge in [-0.15, -0.1) is 0 Å². The zero-order valence-corrected chi connectivity index (χ0v) is 11.6. The normalized spacial score (nSPS) is 10.0. The molecule has 0 aromatic heterocycles. The average molecular weight is 286 g/mol. The van der Waals surface area contributed by atoms with E-state index in [2.05, 4.69) is 4.74 Å². The smallest absolute Gasteiger partial charge is 0.337 e. The number of benzene rings is 2. The van der Waals surface area contributed by atoms with E-state index in [0.29, 0.717) is 16.7 Å². The van der Waals surface area contributed by atoms with Crippen molar-refractivity contribution in [3.63, 3.8) is 0 Å². The Labute approximate surface area is 121 Å². The Bertz CT molecular complexity index is 674. The molecule has 0 aliphatic carbocycles. The molecule has 0 fully saturated rings. The fourth-order valence-electron chi connectivity index (χ4n) is 1.89. The summed E-state index contributed by atoms with van der Waals surface area (Å²) in [5.41, 5.74) is 1.05. The average Bonchev–Trinajstić information content (AvgIpc) is 2.53. The van der Waals surface area contributed by atoms with Gasteiger partial charge in [0.1, 0.15) is 11.5 Å². The zero-order chi connectivity index (χ0) is 15.4. The third-order valence-electron chi connectivity index (χ3n) is 3.00. The molecule has 0 atom stereocenters. The molecule has 0 bridgehead atoms. The minimum atomic E-state index is -0.503. The van der Waals surface area contributed by atoms with Gasteiger partial charge in [0.15, 0.2) is 5.78 Å². The Morgan fingerprint density at radius 2 is 1.57 bits per heavy atom. The summed E-state index contributed by atoms with van der Waals surface area (Å²) in [6.07, 6.45) is 0. The minimum absolute atomic E-state index is 0.0829. The number of phenols is 1. The van der Waals surface area contributed by atoms with Crippen LogP contribution in [0.3, 0.4) is 0 Å². The van der Waals surface area contributed by atoms with Crippen LogP contribution in [0.25, 0.3) is 0 Å². The second kappa shape index (κ2) is 6.09. The molecule has 0 radical (unpaired) electrons. The van der Waals surface area contributed by atoms with E-state index in [1.165, 1.54) is 56.7 Å². The van der Waals surface area contributed by atoms with Crippen LogP contribution in [-0.2, 0) is 4.74 Å². The van der Waals surface area contributed by atoms with Gasteiger partial charge in [0.05, 0.1) is 25.3 Å². The van der Waals surface area contributed by atoms with Gasteiger partial charge >= 0.3 is 5.97 Å². The van der Waals surface area contributed by atoms with Gasteiger partial charge in [-0.2, -0.15) is 0 Å². The van der Waals surface area contributed by atoms with Crippen LogP contribution in [0, 0.1) is 0 Å². The van der Waals surface area contributed by atoms with Gasteiger partial charge < -0.3 is 14.6 Å². The number of hydrogen-bond donors (Lipinski definition) is 1. The topological polar surface area (TPSA) is 72.8 Å². The summed E-state index contributed by atoms with van der Waals surface area (Å²) in [5.74, 6) is -0.393. The van der Waals surface area contributed by atoms with Crippen molar-refractivity contribution in [2.24, 2.45) is 0 Å². The molecule has 0 saturated heterocycles. The van der Waals surface area contributed by atoms with Gasteiger partial charge in [0.25, 0.3) is 0 Å². The lowest BCUT2D eigenvalue weighted by Crippen LogP contribution is -2.07. The summed E-state index contributed by atoms with van der Waals surface area (Å²) in [6.45, 7) is 0. The van der Waals surface area contributed by atoms with Gasteiger partial charge in [-0.25, -0.2) is 4.79 Å². The summed E-state index contributed by atoms with van der Waals surface area (Å²) in [4.78, 5) is 23.9. The van der Waals surface area contributed by atoms with Crippen molar-refractivity contribution in [2.45, 2.75) is 0 Å². The molecular weight excluding hydrogens is 272 g/mol. The molecule has 0 aliphatic heterocycles. The van der Waals surface area contributed by atoms with E-state index < -0.39 is 5.97 Å². The first-order valence-corrected chi connectivity index (χ1v) is 6.17. The molecule has 0 saturated carbocycles. The number of phenolic OH excluding ortho intramolecular Hbond substituents is 1. The van der Waals surface area contributed by atoms with E-state index in [9.17, 15) is 14.7 Å². The fraction of sp³-hybridized carbons (Fsp3) is 0.125. The highest BCUT2D eigenvalue weighted by molar-refractivity contribution is 6.11. The number of carbonyl (C=O) groups is 2. The highest BCUT2D eigenvalue weighted by Crippen LogP contribution is 2.24. The highest BCUT2D eigenvalue weighted by atomic mass is 16.5. The summed E-state index contributed by atoms with van der Waals surface area (Å²) in [6, 6.07) is 10.4. The van der Waals surface area contributed by atoms with E-state index in [4.69, 9.17) is 4.74 Å². The number of methoxy groups -OCH3 is 2. The van der Waals surface area contributed by atoms with Crippen LogP contribution in [0.1, 0.15) is 26.3 Å². The molecule has 21 heavy (non-hydrogen) atoms. The van der Waals surface area contributed by atoms with Crippen LogP contribution in [0.4, 0.5) is 0 Å². The van der Waals surface area contributed by atoms with Crippen LogP contribution in [0.2, 0.25) is 0 Å². The Hall–Kier alpha value is -2.82. The Balaban J connectivity index is 2.41. The van der Waals surface area contributed by atoms with Gasteiger partial charge in [-0.1, -0.05) is 0 Å². The second-order valence-electron chi connectivity index (χ2n) is 4.28. The Kier molecular flexibility index (Phi) is 4.23. The number of hydrogen-bond acceptors (Lipinski definition) is 5. The van der Waals surface area contributed by atoms with E-state index in [0.717, 1.165) is 0 Å². The summed E-state index contributed by atoms with van der Waals surface area (Å²) in [5, 5.41) is 9.25. The number of carbonyl (C=O) groups excluding carboxylic acids is 2. The SMILES string of the molecule is COC(=O)c1ccc(C(=O)c2ccc(O)cc2)c(OC)c1. The van der Waals surface area contributed by atoms with E-state index in [1.807, 2.05) is 0 Å². The number of esters is 1. The van der Waals surface area contributed by atoms with E-state index >= 15 is 0 Å². The molecule has 0 amide bonds. The highest BCUT2D eigenvalue weighted by Gasteiger charge is 2.17. The van der Waals surface area contributed by atoms with Crippen molar-refractivity contribution in [3.8, 4) is 11.5 Å². The summed E-state index contributed by atoms with van der Waals surface area (Å²) < 4.78 is 9.80. The third-order valence-corrected chi connectivity index (χ3v) is 3.00. The first-order valence-electron chi connectivity index (χ1n) is 6.17. The van der Waals surface area contributed by atoms with Gasteiger partial charge in [-0.05, 0) is 42.5 Å². The van der Waals surface area contributed by atoms with Crippen LogP contribution in [0.5, 0.6) is 11.5 Å². The molecule has 0 spiro atoms. The number of ether oxygens (including phenoxy) is 2. The first-order chi connectivity index (χ1) is 10.1. The van der Waals surface area contributed by atoms with Crippen molar-refractivity contribution in [1.29, 1.82) is 0 Å². The quantitative estimate of drug-likeness (QED) is 0.690. The van der Waals surface area contributed by atoms with E-state index in [1.54, 1.807) is 0 Å². The Morgan fingerprint density at radius 1 is 0.952 bits per heavy atom. The number of ketones is 1. The van der Waals surface area contributed by atoms with Crippen LogP contribution in [0.15, 0.2) is 42.5 Å². The van der Waals surface area contributed by atoms with Gasteiger partial charge in [0, 0.05) is 5.56 Å². The predicted molar refractivity (Wildman–Crippen MR) is 75.9 cm³/mol. The predicted octanol–water partition coefficient (Wildman–Crippen LogP) is 2.42. The van der Waals surface area contributed by atoms with Crippen LogP contribution < -0.4 is 4.74 Å². The van der Waals surface area contributed by atoms with Crippen molar-refractivity contribution >= 4 is 11.8 Å².